The Labute approximate surface area is 121 Å². The molecule has 2 atom stereocenters. The third-order valence-corrected chi connectivity index (χ3v) is 3.80. The third kappa shape index (κ3) is 3.17. The van der Waals surface area contributed by atoms with Gasteiger partial charge in [0, 0.05) is 17.1 Å². The summed E-state index contributed by atoms with van der Waals surface area (Å²) in [6.45, 7) is 8.80. The molecule has 108 valence electrons. The molecule has 2 unspecified atom stereocenters. The highest BCUT2D eigenvalue weighted by atomic mass is 15.2. The number of nitrogens with one attached hydrogen (secondary N) is 1. The Morgan fingerprint density at radius 1 is 1.20 bits per heavy atom. The van der Waals surface area contributed by atoms with Gasteiger partial charge in [-0.1, -0.05) is 39.0 Å². The number of pyridine rings is 1. The zero-order valence-corrected chi connectivity index (χ0v) is 12.9. The van der Waals surface area contributed by atoms with E-state index in [-0.39, 0.29) is 6.04 Å². The predicted molar refractivity (Wildman–Crippen MR) is 85.2 cm³/mol. The van der Waals surface area contributed by atoms with E-state index in [9.17, 15) is 0 Å². The molecular formula is C17H25N3. The molecule has 3 heteroatoms. The molecule has 0 amide bonds. The summed E-state index contributed by atoms with van der Waals surface area (Å²) in [5.74, 6) is 6.99. The number of hydrogen-bond acceptors (Lipinski definition) is 3. The molecule has 0 aliphatic rings. The van der Waals surface area contributed by atoms with Gasteiger partial charge >= 0.3 is 0 Å². The van der Waals surface area contributed by atoms with Crippen molar-refractivity contribution < 1.29 is 0 Å². The lowest BCUT2D eigenvalue weighted by Crippen LogP contribution is -2.33. The van der Waals surface area contributed by atoms with Crippen molar-refractivity contribution in [3.8, 4) is 0 Å². The monoisotopic (exact) mass is 271 g/mol. The molecule has 0 radical (unpaired) electrons. The minimum atomic E-state index is 0.156. The van der Waals surface area contributed by atoms with Crippen LogP contribution in [0.1, 0.15) is 44.5 Å². The molecule has 1 heterocycles. The van der Waals surface area contributed by atoms with Crippen molar-refractivity contribution in [3.05, 3.63) is 41.6 Å². The number of hydrazine groups is 1. The van der Waals surface area contributed by atoms with E-state index in [1.54, 1.807) is 0 Å². The second-order valence-corrected chi connectivity index (χ2v) is 6.12. The Bertz CT molecular complexity index is 577. The van der Waals surface area contributed by atoms with E-state index in [4.69, 9.17) is 5.84 Å². The van der Waals surface area contributed by atoms with Crippen molar-refractivity contribution in [2.75, 3.05) is 0 Å². The van der Waals surface area contributed by atoms with Crippen LogP contribution in [0.25, 0.3) is 10.9 Å². The lowest BCUT2D eigenvalue weighted by molar-refractivity contribution is 0.333. The number of para-hydroxylation sites is 1. The molecule has 20 heavy (non-hydrogen) atoms. The Kier molecular flexibility index (Phi) is 4.73. The second kappa shape index (κ2) is 6.33. The van der Waals surface area contributed by atoms with Gasteiger partial charge in [-0.25, -0.2) is 0 Å². The standard InChI is InChI=1S/C17H25N3/c1-11(2)9-12(3)17(20-18)15-10-13(4)19-16-8-6-5-7-14(15)16/h5-8,10-12,17,20H,9,18H2,1-4H3. The van der Waals surface area contributed by atoms with Crippen LogP contribution in [0, 0.1) is 18.8 Å². The van der Waals surface area contributed by atoms with Gasteiger partial charge in [-0.15, -0.1) is 0 Å². The highest BCUT2D eigenvalue weighted by Crippen LogP contribution is 2.31. The normalized spacial score (nSPS) is 14.7. The number of aryl methyl sites for hydroxylation is 1. The minimum absolute atomic E-state index is 0.156. The molecule has 2 rings (SSSR count). The van der Waals surface area contributed by atoms with Crippen molar-refractivity contribution in [2.24, 2.45) is 17.7 Å². The molecule has 3 nitrogen and oxygen atoms in total. The molecule has 1 aromatic carbocycles. The van der Waals surface area contributed by atoms with E-state index in [0.29, 0.717) is 11.8 Å². The fourth-order valence-electron chi connectivity index (χ4n) is 3.04. The largest absolute Gasteiger partial charge is 0.271 e. The van der Waals surface area contributed by atoms with E-state index in [2.05, 4.69) is 55.4 Å². The highest BCUT2D eigenvalue weighted by molar-refractivity contribution is 5.82. The number of aromatic nitrogens is 1. The maximum absolute atomic E-state index is 5.85. The second-order valence-electron chi connectivity index (χ2n) is 6.12. The summed E-state index contributed by atoms with van der Waals surface area (Å²) in [7, 11) is 0. The molecule has 0 spiro atoms. The first kappa shape index (κ1) is 14.9. The van der Waals surface area contributed by atoms with Gasteiger partial charge in [0.2, 0.25) is 0 Å². The quantitative estimate of drug-likeness (QED) is 0.643. The average molecular weight is 271 g/mol. The first-order chi connectivity index (χ1) is 9.52. The van der Waals surface area contributed by atoms with Crippen LogP contribution in [-0.4, -0.2) is 4.98 Å². The number of rotatable bonds is 5. The van der Waals surface area contributed by atoms with E-state index in [1.165, 1.54) is 10.9 Å². The minimum Gasteiger partial charge on any atom is -0.271 e. The molecule has 1 aromatic heterocycles. The molecule has 0 saturated heterocycles. The van der Waals surface area contributed by atoms with Crippen molar-refractivity contribution in [1.29, 1.82) is 0 Å². The number of benzene rings is 1. The van der Waals surface area contributed by atoms with Crippen LogP contribution in [0.3, 0.4) is 0 Å². The highest BCUT2D eigenvalue weighted by Gasteiger charge is 2.21. The van der Waals surface area contributed by atoms with Crippen LogP contribution in [0.15, 0.2) is 30.3 Å². The Morgan fingerprint density at radius 2 is 1.90 bits per heavy atom. The summed E-state index contributed by atoms with van der Waals surface area (Å²) >= 11 is 0. The van der Waals surface area contributed by atoms with Crippen LogP contribution in [0.2, 0.25) is 0 Å². The lowest BCUT2D eigenvalue weighted by atomic mass is 9.86. The summed E-state index contributed by atoms with van der Waals surface area (Å²) in [6.07, 6.45) is 1.14. The molecular weight excluding hydrogens is 246 g/mol. The predicted octanol–water partition coefficient (Wildman–Crippen LogP) is 3.73. The first-order valence-electron chi connectivity index (χ1n) is 7.35. The van der Waals surface area contributed by atoms with E-state index in [0.717, 1.165) is 17.6 Å². The van der Waals surface area contributed by atoms with Gasteiger partial charge in [0.25, 0.3) is 0 Å². The summed E-state index contributed by atoms with van der Waals surface area (Å²) in [5.41, 5.74) is 6.35. The number of nitrogens with zero attached hydrogens (tertiary/aromatic N) is 1. The van der Waals surface area contributed by atoms with Crippen LogP contribution in [-0.2, 0) is 0 Å². The van der Waals surface area contributed by atoms with E-state index >= 15 is 0 Å². The number of fused-ring (bicyclic) bond motifs is 1. The number of nitrogens with two attached hydrogens (primary N) is 1. The van der Waals surface area contributed by atoms with Gasteiger partial charge in [0.05, 0.1) is 5.52 Å². The average Bonchev–Trinajstić information content (AvgIpc) is 2.38. The molecule has 0 bridgehead atoms. The fraction of sp³-hybridized carbons (Fsp3) is 0.471. The Balaban J connectivity index is 2.48. The summed E-state index contributed by atoms with van der Waals surface area (Å²) < 4.78 is 0. The van der Waals surface area contributed by atoms with E-state index < -0.39 is 0 Å². The SMILES string of the molecule is Cc1cc(C(NN)C(C)CC(C)C)c2ccccc2n1. The van der Waals surface area contributed by atoms with Gasteiger partial charge in [-0.05, 0) is 42.9 Å². The zero-order chi connectivity index (χ0) is 14.7. The van der Waals surface area contributed by atoms with E-state index in [1.807, 2.05) is 13.0 Å². The maximum Gasteiger partial charge on any atom is 0.0708 e. The molecule has 2 aromatic rings. The topological polar surface area (TPSA) is 50.9 Å². The van der Waals surface area contributed by atoms with Crippen molar-refractivity contribution in [1.82, 2.24) is 10.4 Å². The molecule has 0 aliphatic carbocycles. The Morgan fingerprint density at radius 3 is 2.55 bits per heavy atom. The summed E-state index contributed by atoms with van der Waals surface area (Å²) in [6, 6.07) is 10.6. The smallest absolute Gasteiger partial charge is 0.0708 e. The van der Waals surface area contributed by atoms with Crippen molar-refractivity contribution in [2.45, 2.75) is 40.2 Å². The van der Waals surface area contributed by atoms with Gasteiger partial charge in [-0.2, -0.15) is 0 Å². The first-order valence-corrected chi connectivity index (χ1v) is 7.35. The van der Waals surface area contributed by atoms with Crippen molar-refractivity contribution in [3.63, 3.8) is 0 Å². The van der Waals surface area contributed by atoms with Crippen LogP contribution in [0.5, 0.6) is 0 Å². The third-order valence-electron chi connectivity index (χ3n) is 3.80. The van der Waals surface area contributed by atoms with Crippen LogP contribution < -0.4 is 11.3 Å². The Hall–Kier alpha value is -1.45. The van der Waals surface area contributed by atoms with Gasteiger partial charge in [0.15, 0.2) is 0 Å². The maximum atomic E-state index is 5.85. The zero-order valence-electron chi connectivity index (χ0n) is 12.9. The lowest BCUT2D eigenvalue weighted by Gasteiger charge is -2.26. The van der Waals surface area contributed by atoms with Gasteiger partial charge in [0.1, 0.15) is 0 Å². The molecule has 3 N–H and O–H groups in total. The molecule has 0 saturated carbocycles. The fourth-order valence-corrected chi connectivity index (χ4v) is 3.04. The van der Waals surface area contributed by atoms with Crippen LogP contribution >= 0.6 is 0 Å². The van der Waals surface area contributed by atoms with Gasteiger partial charge < -0.3 is 0 Å². The number of hydrogen-bond donors (Lipinski definition) is 2. The van der Waals surface area contributed by atoms with Crippen molar-refractivity contribution >= 4 is 10.9 Å². The van der Waals surface area contributed by atoms with Crippen LogP contribution in [0.4, 0.5) is 0 Å². The molecule has 0 fully saturated rings. The molecule has 0 aliphatic heterocycles. The summed E-state index contributed by atoms with van der Waals surface area (Å²) in [5, 5.41) is 1.19. The van der Waals surface area contributed by atoms with Gasteiger partial charge in [-0.3, -0.25) is 16.3 Å². The summed E-state index contributed by atoms with van der Waals surface area (Å²) in [4.78, 5) is 4.60.